The van der Waals surface area contributed by atoms with Crippen LogP contribution in [0.1, 0.15) is 127 Å². The van der Waals surface area contributed by atoms with Gasteiger partial charge >= 0.3 is 0 Å². The molecule has 0 aliphatic heterocycles. The lowest BCUT2D eigenvalue weighted by Gasteiger charge is -2.63. The van der Waals surface area contributed by atoms with Gasteiger partial charge in [0, 0.05) is 0 Å². The van der Waals surface area contributed by atoms with E-state index >= 15 is 0 Å². The molecule has 0 radical (unpaired) electrons. The van der Waals surface area contributed by atoms with Gasteiger partial charge in [0.25, 0.3) is 0 Å². The quantitative estimate of drug-likeness (QED) is 0.374. The summed E-state index contributed by atoms with van der Waals surface area (Å²) in [4.78, 5) is 0. The molecule has 5 aliphatic carbocycles. The van der Waals surface area contributed by atoms with Gasteiger partial charge in [-0.05, 0) is 140 Å². The Bertz CT molecular complexity index is 855. The van der Waals surface area contributed by atoms with Crippen molar-refractivity contribution in [2.45, 2.75) is 133 Å². The molecule has 0 aromatic rings. The summed E-state index contributed by atoms with van der Waals surface area (Å²) in [7, 11) is 0. The first-order valence-corrected chi connectivity index (χ1v) is 15.5. The highest BCUT2D eigenvalue weighted by Crippen LogP contribution is 2.89. The normalized spacial score (nSPS) is 50.4. The Hall–Kier alpha value is -0.300. The van der Waals surface area contributed by atoms with Gasteiger partial charge in [0.1, 0.15) is 0 Å². The minimum atomic E-state index is -0.0935. The minimum Gasteiger partial charge on any atom is -0.393 e. The monoisotopic (exact) mass is 482 g/mol. The first-order chi connectivity index (χ1) is 16.2. The van der Waals surface area contributed by atoms with Gasteiger partial charge in [0.2, 0.25) is 0 Å². The number of allylic oxidation sites excluding steroid dienone is 1. The maximum absolute atomic E-state index is 10.9. The van der Waals surface area contributed by atoms with E-state index in [-0.39, 0.29) is 11.5 Å². The summed E-state index contributed by atoms with van der Waals surface area (Å²) in [6.45, 7) is 26.8. The molecule has 5 saturated carbocycles. The second-order valence-corrected chi connectivity index (χ2v) is 16.3. The summed E-state index contributed by atoms with van der Waals surface area (Å²) in [5, 5.41) is 10.9. The Balaban J connectivity index is 1.40. The maximum atomic E-state index is 10.9. The van der Waals surface area contributed by atoms with Gasteiger partial charge in [0.05, 0.1) is 6.10 Å². The van der Waals surface area contributed by atoms with Crippen LogP contribution in [0.4, 0.5) is 0 Å². The fourth-order valence-corrected chi connectivity index (χ4v) is 12.3. The highest BCUT2D eigenvalue weighted by molar-refractivity contribution is 5.30. The van der Waals surface area contributed by atoms with Crippen LogP contribution in [-0.4, -0.2) is 11.2 Å². The zero-order valence-electron chi connectivity index (χ0n) is 24.8. The molecule has 5 aliphatic rings. The highest BCUT2D eigenvalue weighted by atomic mass is 16.3. The van der Waals surface area contributed by atoms with E-state index in [1.54, 1.807) is 0 Å². The van der Waals surface area contributed by atoms with Crippen LogP contribution >= 0.6 is 0 Å². The van der Waals surface area contributed by atoms with Crippen molar-refractivity contribution in [1.82, 2.24) is 0 Å². The molecule has 0 heterocycles. The summed E-state index contributed by atoms with van der Waals surface area (Å²) in [6.07, 6.45) is 13.8. The second-order valence-electron chi connectivity index (χ2n) is 16.3. The summed E-state index contributed by atoms with van der Waals surface area (Å²) in [6, 6.07) is 0. The van der Waals surface area contributed by atoms with Crippen LogP contribution in [0.25, 0.3) is 0 Å². The van der Waals surface area contributed by atoms with Crippen molar-refractivity contribution < 1.29 is 5.11 Å². The molecule has 0 aromatic carbocycles. The molecule has 0 amide bonds. The van der Waals surface area contributed by atoms with Gasteiger partial charge in [-0.2, -0.15) is 0 Å². The van der Waals surface area contributed by atoms with E-state index < -0.39 is 0 Å². The van der Waals surface area contributed by atoms with E-state index in [4.69, 9.17) is 0 Å². The average Bonchev–Trinajstić information content (AvgIpc) is 3.36. The van der Waals surface area contributed by atoms with Crippen molar-refractivity contribution in [3.05, 3.63) is 12.2 Å². The van der Waals surface area contributed by atoms with Gasteiger partial charge in [-0.3, -0.25) is 0 Å². The van der Waals surface area contributed by atoms with Crippen molar-refractivity contribution in [2.75, 3.05) is 0 Å². The molecule has 11 atom stereocenters. The summed E-state index contributed by atoms with van der Waals surface area (Å²) < 4.78 is 0. The second kappa shape index (κ2) is 8.10. The lowest BCUT2D eigenvalue weighted by molar-refractivity contribution is -0.162. The lowest BCUT2D eigenvalue weighted by Crippen LogP contribution is -2.57. The molecule has 0 aromatic heterocycles. The molecule has 0 saturated heterocycles. The summed E-state index contributed by atoms with van der Waals surface area (Å²) in [5.41, 5.74) is 3.64. The molecule has 35 heavy (non-hydrogen) atoms. The van der Waals surface area contributed by atoms with Crippen molar-refractivity contribution in [3.8, 4) is 0 Å². The van der Waals surface area contributed by atoms with E-state index in [2.05, 4.69) is 68.9 Å². The fourth-order valence-electron chi connectivity index (χ4n) is 12.3. The van der Waals surface area contributed by atoms with Crippen molar-refractivity contribution in [2.24, 2.45) is 68.5 Å². The minimum absolute atomic E-state index is 0.0935. The third kappa shape index (κ3) is 3.27. The largest absolute Gasteiger partial charge is 0.393 e. The number of hydrogen-bond donors (Lipinski definition) is 1. The topological polar surface area (TPSA) is 20.2 Å². The molecule has 5 rings (SSSR count). The molecule has 200 valence electrons. The fraction of sp³-hybridized carbons (Fsp3) is 0.941. The standard InChI is InChI=1S/C34H58O/c1-21(2)24(6)25(22(3)4)19-23(5)26-13-15-32(10)28-12-11-27-30(7,8)29(35)14-16-33(27)20-34(28,33)18-17-31(26,32)9/h22-29,35H,1,11-20H2,2-10H3/t23-,24-,25?,26-,27?,28?,29+,31-,32+,33-,34+/m1/s1. The van der Waals surface area contributed by atoms with E-state index in [0.29, 0.717) is 27.6 Å². The Morgan fingerprint density at radius 2 is 1.46 bits per heavy atom. The summed E-state index contributed by atoms with van der Waals surface area (Å²) >= 11 is 0. The molecule has 1 nitrogen and oxygen atoms in total. The number of aliphatic hydroxyl groups is 1. The zero-order valence-corrected chi connectivity index (χ0v) is 24.8. The predicted octanol–water partition coefficient (Wildman–Crippen LogP) is 9.30. The number of rotatable bonds is 6. The third-order valence-corrected chi connectivity index (χ3v) is 14.8. The smallest absolute Gasteiger partial charge is 0.0594 e. The molecule has 3 unspecified atom stereocenters. The highest BCUT2D eigenvalue weighted by Gasteiger charge is 2.82. The Labute approximate surface area is 218 Å². The molecule has 0 bridgehead atoms. The van der Waals surface area contributed by atoms with Crippen LogP contribution in [0.3, 0.4) is 0 Å². The van der Waals surface area contributed by atoms with Gasteiger partial charge in [-0.15, -0.1) is 0 Å². The average molecular weight is 483 g/mol. The van der Waals surface area contributed by atoms with E-state index in [1.165, 1.54) is 63.4 Å². The maximum Gasteiger partial charge on any atom is 0.0594 e. The van der Waals surface area contributed by atoms with Gasteiger partial charge in [-0.25, -0.2) is 0 Å². The van der Waals surface area contributed by atoms with Crippen molar-refractivity contribution in [3.63, 3.8) is 0 Å². The van der Waals surface area contributed by atoms with E-state index in [0.717, 1.165) is 41.9 Å². The van der Waals surface area contributed by atoms with Gasteiger partial charge in [-0.1, -0.05) is 67.5 Å². The third-order valence-electron chi connectivity index (χ3n) is 14.8. The Kier molecular flexibility index (Phi) is 6.09. The Morgan fingerprint density at radius 3 is 2.09 bits per heavy atom. The van der Waals surface area contributed by atoms with E-state index in [9.17, 15) is 5.11 Å². The molecular weight excluding hydrogens is 424 g/mol. The number of fused-ring (bicyclic) bond motifs is 2. The number of hydrogen-bond acceptors (Lipinski definition) is 1. The first-order valence-electron chi connectivity index (χ1n) is 15.5. The van der Waals surface area contributed by atoms with Gasteiger partial charge < -0.3 is 5.11 Å². The number of aliphatic hydroxyl groups excluding tert-OH is 1. The van der Waals surface area contributed by atoms with Crippen LogP contribution in [0.15, 0.2) is 12.2 Å². The Morgan fingerprint density at radius 1 is 0.829 bits per heavy atom. The SMILES string of the molecule is C=C(C)[C@@H](C)C(C[C@@H](C)[C@H]1CC[C@@]2(C)C3CCC4C(C)(C)[C@@H](O)CC[C@@]45C[C@@]35CC[C@]12C)C(C)C. The molecule has 1 heteroatoms. The zero-order chi connectivity index (χ0) is 25.8. The van der Waals surface area contributed by atoms with Crippen LogP contribution in [0.5, 0.6) is 0 Å². The molecular formula is C34H58O. The molecule has 5 fully saturated rings. The van der Waals surface area contributed by atoms with Crippen molar-refractivity contribution >= 4 is 0 Å². The van der Waals surface area contributed by atoms with Crippen LogP contribution in [0.2, 0.25) is 0 Å². The molecule has 2 spiro atoms. The molecule has 1 N–H and O–H groups in total. The van der Waals surface area contributed by atoms with Crippen LogP contribution in [0, 0.1) is 68.5 Å². The van der Waals surface area contributed by atoms with Crippen LogP contribution in [-0.2, 0) is 0 Å². The van der Waals surface area contributed by atoms with Gasteiger partial charge in [0.15, 0.2) is 0 Å². The summed E-state index contributed by atoms with van der Waals surface area (Å²) in [5.74, 6) is 5.45. The first kappa shape index (κ1) is 26.3. The van der Waals surface area contributed by atoms with Crippen molar-refractivity contribution in [1.29, 1.82) is 0 Å². The predicted molar refractivity (Wildman–Crippen MR) is 149 cm³/mol. The van der Waals surface area contributed by atoms with Crippen LogP contribution < -0.4 is 0 Å². The lowest BCUT2D eigenvalue weighted by atomic mass is 9.41. The van der Waals surface area contributed by atoms with E-state index in [1.807, 2.05) is 0 Å².